The van der Waals surface area contributed by atoms with Crippen LogP contribution in [0.4, 0.5) is 0 Å². The molecule has 3 rings (SSSR count). The molecule has 2 fully saturated rings. The van der Waals surface area contributed by atoms with Crippen LogP contribution < -0.4 is 4.72 Å². The summed E-state index contributed by atoms with van der Waals surface area (Å²) in [6.45, 7) is 2.01. The maximum Gasteiger partial charge on any atom is 0.326 e. The van der Waals surface area contributed by atoms with Crippen LogP contribution in [0.5, 0.6) is 0 Å². The molecule has 0 spiro atoms. The average Bonchev–Trinajstić information content (AvgIpc) is 2.82. The van der Waals surface area contributed by atoms with Crippen molar-refractivity contribution < 1.29 is 32.6 Å². The van der Waals surface area contributed by atoms with Gasteiger partial charge in [-0.05, 0) is 31.2 Å². The molecule has 2 atom stereocenters. The summed E-state index contributed by atoms with van der Waals surface area (Å²) >= 11 is 0. The van der Waals surface area contributed by atoms with Gasteiger partial charge in [0.2, 0.25) is 21.8 Å². The molecule has 2 aliphatic heterocycles. The van der Waals surface area contributed by atoms with E-state index in [1.54, 1.807) is 35.2 Å². The number of carbonyl (C=O) groups is 3. The largest absolute Gasteiger partial charge is 0.480 e. The predicted octanol–water partition coefficient (Wildman–Crippen LogP) is 0.579. The minimum atomic E-state index is -3.92. The summed E-state index contributed by atoms with van der Waals surface area (Å²) in [5.41, 5.74) is 0.557. The number of benzene rings is 1. The Morgan fingerprint density at radius 1 is 1.09 bits per heavy atom. The van der Waals surface area contributed by atoms with Crippen LogP contribution in [-0.4, -0.2) is 86.0 Å². The highest BCUT2D eigenvalue weighted by Crippen LogP contribution is 2.20. The van der Waals surface area contributed by atoms with E-state index in [0.29, 0.717) is 51.1 Å². The molecule has 0 radical (unpaired) electrons. The van der Waals surface area contributed by atoms with Crippen LogP contribution in [0.1, 0.15) is 37.7 Å². The lowest BCUT2D eigenvalue weighted by molar-refractivity contribution is -0.153. The number of nitrogens with one attached hydrogen (secondary N) is 1. The van der Waals surface area contributed by atoms with Crippen molar-refractivity contribution in [2.45, 2.75) is 49.9 Å². The highest BCUT2D eigenvalue weighted by atomic mass is 32.2. The van der Waals surface area contributed by atoms with Gasteiger partial charge in [0, 0.05) is 26.1 Å². The van der Waals surface area contributed by atoms with E-state index >= 15 is 0 Å². The van der Waals surface area contributed by atoms with E-state index in [9.17, 15) is 27.9 Å². The Balaban J connectivity index is 1.75. The SMILES string of the molecule is O=C(O)C1CCCCN1C(=O)C(CCC(=O)N1CCOCC1)NS(=O)(=O)Cc1ccccc1. The fourth-order valence-corrected chi connectivity index (χ4v) is 5.54. The molecule has 1 aromatic rings. The lowest BCUT2D eigenvalue weighted by Gasteiger charge is -2.35. The first kappa shape index (κ1) is 25.1. The van der Waals surface area contributed by atoms with Crippen molar-refractivity contribution in [1.82, 2.24) is 14.5 Å². The highest BCUT2D eigenvalue weighted by molar-refractivity contribution is 7.88. The fourth-order valence-electron chi connectivity index (χ4n) is 4.18. The zero-order valence-corrected chi connectivity index (χ0v) is 19.3. The average molecular weight is 482 g/mol. The standard InChI is InChI=1S/C22H31N3O7S/c26-20(24-12-14-32-15-13-24)10-9-18(21(27)25-11-5-4-8-19(25)22(28)29)23-33(30,31)16-17-6-2-1-3-7-17/h1-3,6-7,18-19,23H,4-5,8-16H2,(H,28,29). The normalized spacial score (nSPS) is 20.3. The number of carboxylic acid groups (broad SMARTS) is 1. The van der Waals surface area contributed by atoms with E-state index in [1.807, 2.05) is 0 Å². The number of amides is 2. The van der Waals surface area contributed by atoms with Gasteiger partial charge in [0.1, 0.15) is 12.1 Å². The van der Waals surface area contributed by atoms with Gasteiger partial charge in [-0.25, -0.2) is 17.9 Å². The van der Waals surface area contributed by atoms with Crippen molar-refractivity contribution in [3.63, 3.8) is 0 Å². The minimum absolute atomic E-state index is 0.0319. The molecule has 0 aliphatic carbocycles. The molecule has 11 heteroatoms. The molecule has 0 saturated carbocycles. The Morgan fingerprint density at radius 2 is 1.79 bits per heavy atom. The van der Waals surface area contributed by atoms with Crippen LogP contribution in [-0.2, 0) is 34.9 Å². The van der Waals surface area contributed by atoms with E-state index in [4.69, 9.17) is 4.74 Å². The monoisotopic (exact) mass is 481 g/mol. The summed E-state index contributed by atoms with van der Waals surface area (Å²) in [7, 11) is -3.92. The number of rotatable bonds is 9. The van der Waals surface area contributed by atoms with Crippen molar-refractivity contribution in [2.75, 3.05) is 32.8 Å². The van der Waals surface area contributed by atoms with Crippen LogP contribution in [0, 0.1) is 0 Å². The molecule has 2 aliphatic rings. The molecule has 33 heavy (non-hydrogen) atoms. The van der Waals surface area contributed by atoms with Gasteiger partial charge in [-0.1, -0.05) is 30.3 Å². The number of hydrogen-bond donors (Lipinski definition) is 2. The van der Waals surface area contributed by atoms with Crippen molar-refractivity contribution in [3.8, 4) is 0 Å². The predicted molar refractivity (Wildman–Crippen MR) is 120 cm³/mol. The molecular formula is C22H31N3O7S. The number of hydrogen-bond acceptors (Lipinski definition) is 6. The number of piperidine rings is 1. The molecule has 0 bridgehead atoms. The molecule has 1 aromatic carbocycles. The van der Waals surface area contributed by atoms with Gasteiger partial charge in [-0.3, -0.25) is 9.59 Å². The first-order chi connectivity index (χ1) is 15.8. The number of likely N-dealkylation sites (tertiary alicyclic amines) is 1. The van der Waals surface area contributed by atoms with E-state index in [1.165, 1.54) is 4.90 Å². The van der Waals surface area contributed by atoms with Gasteiger partial charge in [-0.2, -0.15) is 0 Å². The Hall–Kier alpha value is -2.50. The molecule has 2 unspecified atom stereocenters. The van der Waals surface area contributed by atoms with Gasteiger partial charge in [-0.15, -0.1) is 0 Å². The van der Waals surface area contributed by atoms with Gasteiger partial charge < -0.3 is 19.6 Å². The summed E-state index contributed by atoms with van der Waals surface area (Å²) in [6, 6.07) is 6.34. The fraction of sp³-hybridized carbons (Fsp3) is 0.591. The Kier molecular flexibility index (Phi) is 8.81. The van der Waals surface area contributed by atoms with Crippen molar-refractivity contribution in [1.29, 1.82) is 0 Å². The molecule has 2 amide bonds. The highest BCUT2D eigenvalue weighted by Gasteiger charge is 2.37. The second-order valence-corrected chi connectivity index (χ2v) is 10.1. The topological polar surface area (TPSA) is 133 Å². The summed E-state index contributed by atoms with van der Waals surface area (Å²) in [5.74, 6) is -2.23. The maximum absolute atomic E-state index is 13.3. The van der Waals surface area contributed by atoms with E-state index in [0.717, 1.165) is 0 Å². The second-order valence-electron chi connectivity index (χ2n) is 8.33. The molecule has 2 heterocycles. The summed E-state index contributed by atoms with van der Waals surface area (Å²) < 4.78 is 33.4. The Labute approximate surface area is 193 Å². The number of carbonyl (C=O) groups excluding carboxylic acids is 2. The van der Waals surface area contributed by atoms with Crippen molar-refractivity contribution in [2.24, 2.45) is 0 Å². The smallest absolute Gasteiger partial charge is 0.326 e. The van der Waals surface area contributed by atoms with Crippen LogP contribution in [0.15, 0.2) is 30.3 Å². The van der Waals surface area contributed by atoms with Crippen molar-refractivity contribution in [3.05, 3.63) is 35.9 Å². The first-order valence-electron chi connectivity index (χ1n) is 11.2. The van der Waals surface area contributed by atoms with Crippen LogP contribution >= 0.6 is 0 Å². The van der Waals surface area contributed by atoms with E-state index in [-0.39, 0.29) is 31.0 Å². The zero-order chi connectivity index (χ0) is 23.8. The number of nitrogens with zero attached hydrogens (tertiary/aromatic N) is 2. The minimum Gasteiger partial charge on any atom is -0.480 e. The zero-order valence-electron chi connectivity index (χ0n) is 18.5. The summed E-state index contributed by atoms with van der Waals surface area (Å²) in [6.07, 6.45) is 1.56. The van der Waals surface area contributed by atoms with E-state index < -0.39 is 34.0 Å². The molecule has 2 saturated heterocycles. The molecule has 10 nitrogen and oxygen atoms in total. The van der Waals surface area contributed by atoms with E-state index in [2.05, 4.69) is 4.72 Å². The first-order valence-corrected chi connectivity index (χ1v) is 12.8. The molecule has 182 valence electrons. The Morgan fingerprint density at radius 3 is 2.45 bits per heavy atom. The Bertz CT molecular complexity index is 933. The lowest BCUT2D eigenvalue weighted by atomic mass is 10.00. The quantitative estimate of drug-likeness (QED) is 0.527. The second kappa shape index (κ2) is 11.6. The van der Waals surface area contributed by atoms with Crippen LogP contribution in [0.25, 0.3) is 0 Å². The third-order valence-electron chi connectivity index (χ3n) is 5.90. The third-order valence-corrected chi connectivity index (χ3v) is 7.26. The van der Waals surface area contributed by atoms with Gasteiger partial charge in [0.25, 0.3) is 0 Å². The van der Waals surface area contributed by atoms with Gasteiger partial charge in [0.15, 0.2) is 0 Å². The summed E-state index contributed by atoms with van der Waals surface area (Å²) in [4.78, 5) is 40.5. The number of ether oxygens (including phenoxy) is 1. The van der Waals surface area contributed by atoms with Crippen molar-refractivity contribution >= 4 is 27.8 Å². The molecule has 0 aromatic heterocycles. The van der Waals surface area contributed by atoms with Gasteiger partial charge >= 0.3 is 5.97 Å². The number of sulfonamides is 1. The maximum atomic E-state index is 13.3. The number of morpholine rings is 1. The lowest BCUT2D eigenvalue weighted by Crippen LogP contribution is -2.55. The molecule has 2 N–H and O–H groups in total. The van der Waals surface area contributed by atoms with Crippen LogP contribution in [0.2, 0.25) is 0 Å². The number of carboxylic acids is 1. The van der Waals surface area contributed by atoms with Crippen LogP contribution in [0.3, 0.4) is 0 Å². The summed E-state index contributed by atoms with van der Waals surface area (Å²) in [5, 5.41) is 9.55. The molecular weight excluding hydrogens is 450 g/mol. The third kappa shape index (κ3) is 7.24. The number of aliphatic carboxylic acids is 1. The van der Waals surface area contributed by atoms with Gasteiger partial charge in [0.05, 0.1) is 19.0 Å².